The van der Waals surface area contributed by atoms with E-state index in [9.17, 15) is 18.8 Å². The third kappa shape index (κ3) is 3.34. The van der Waals surface area contributed by atoms with Gasteiger partial charge in [-0.15, -0.1) is 0 Å². The molecule has 1 heterocycles. The number of halogens is 2. The lowest BCUT2D eigenvalue weighted by Crippen LogP contribution is -2.47. The van der Waals surface area contributed by atoms with Crippen molar-refractivity contribution in [3.8, 4) is 5.75 Å². The highest BCUT2D eigenvalue weighted by atomic mass is 28.4. The van der Waals surface area contributed by atoms with Gasteiger partial charge in [0.05, 0.1) is 6.20 Å². The predicted octanol–water partition coefficient (Wildman–Crippen LogP) is 1.34. The molecule has 0 unspecified atom stereocenters. The zero-order valence-corrected chi connectivity index (χ0v) is 12.7. The molecule has 0 saturated heterocycles. The maximum absolute atomic E-state index is 12.7. The molecule has 0 atom stereocenters. The van der Waals surface area contributed by atoms with Gasteiger partial charge >= 0.3 is 13.7 Å². The second-order valence-electron chi connectivity index (χ2n) is 5.85. The SMILES string of the molecule is CC(C)(C)[Si](C)(C)Oc1cnn(C(F)F)c1B(O)O. The van der Waals surface area contributed by atoms with E-state index in [-0.39, 0.29) is 15.5 Å². The minimum absolute atomic E-state index is 0.00175. The van der Waals surface area contributed by atoms with Crippen LogP contribution in [0.1, 0.15) is 27.3 Å². The Balaban J connectivity index is 3.16. The van der Waals surface area contributed by atoms with Gasteiger partial charge in [-0.1, -0.05) is 20.8 Å². The zero-order valence-electron chi connectivity index (χ0n) is 11.7. The molecule has 5 nitrogen and oxygen atoms in total. The minimum Gasteiger partial charge on any atom is -0.542 e. The summed E-state index contributed by atoms with van der Waals surface area (Å²) in [5.74, 6) is 0.00175. The van der Waals surface area contributed by atoms with Crippen molar-refractivity contribution in [3.05, 3.63) is 6.20 Å². The summed E-state index contributed by atoms with van der Waals surface area (Å²) in [6.07, 6.45) is 1.10. The Labute approximate surface area is 112 Å². The standard InChI is InChI=1S/C10H19BF2N2O3Si/c1-10(2,3)19(4,5)18-7-6-14-15(9(12)13)8(7)11(16)17/h6,9,16-17H,1-5H3. The van der Waals surface area contributed by atoms with Crippen LogP contribution in [0.2, 0.25) is 18.1 Å². The second kappa shape index (κ2) is 5.22. The fourth-order valence-electron chi connectivity index (χ4n) is 1.26. The van der Waals surface area contributed by atoms with Crippen molar-refractivity contribution in [2.75, 3.05) is 0 Å². The van der Waals surface area contributed by atoms with E-state index >= 15 is 0 Å². The predicted molar refractivity (Wildman–Crippen MR) is 71.1 cm³/mol. The first-order valence-electron chi connectivity index (χ1n) is 5.88. The number of hydrogen-bond acceptors (Lipinski definition) is 4. The first-order chi connectivity index (χ1) is 8.47. The molecule has 0 radical (unpaired) electrons. The van der Waals surface area contributed by atoms with Crippen molar-refractivity contribution in [2.45, 2.75) is 45.5 Å². The molecule has 108 valence electrons. The van der Waals surface area contributed by atoms with E-state index in [1.54, 1.807) is 0 Å². The molecule has 1 rings (SSSR count). The number of alkyl halides is 2. The lowest BCUT2D eigenvalue weighted by molar-refractivity contribution is 0.0590. The van der Waals surface area contributed by atoms with Crippen LogP contribution < -0.4 is 10.0 Å². The monoisotopic (exact) mass is 292 g/mol. The largest absolute Gasteiger partial charge is 0.542 e. The number of aromatic nitrogens is 2. The Morgan fingerprint density at radius 1 is 1.37 bits per heavy atom. The van der Waals surface area contributed by atoms with Gasteiger partial charge < -0.3 is 14.5 Å². The Hall–Kier alpha value is -0.928. The highest BCUT2D eigenvalue weighted by Crippen LogP contribution is 2.37. The smallest absolute Gasteiger partial charge is 0.511 e. The van der Waals surface area contributed by atoms with Crippen LogP contribution in [0.15, 0.2) is 6.20 Å². The average Bonchev–Trinajstić information content (AvgIpc) is 2.58. The van der Waals surface area contributed by atoms with Gasteiger partial charge in [-0.05, 0) is 18.1 Å². The summed E-state index contributed by atoms with van der Waals surface area (Å²) >= 11 is 0. The molecule has 1 aromatic heterocycles. The highest BCUT2D eigenvalue weighted by Gasteiger charge is 2.41. The van der Waals surface area contributed by atoms with Crippen LogP contribution in [0, 0.1) is 0 Å². The van der Waals surface area contributed by atoms with E-state index in [2.05, 4.69) is 5.10 Å². The van der Waals surface area contributed by atoms with E-state index in [0.717, 1.165) is 6.20 Å². The summed E-state index contributed by atoms with van der Waals surface area (Å²) in [4.78, 5) is 0. The highest BCUT2D eigenvalue weighted by molar-refractivity contribution is 6.75. The summed E-state index contributed by atoms with van der Waals surface area (Å²) in [6.45, 7) is 6.89. The van der Waals surface area contributed by atoms with Crippen LogP contribution in [-0.2, 0) is 0 Å². The van der Waals surface area contributed by atoms with Crippen molar-refractivity contribution >= 4 is 21.0 Å². The molecule has 0 aromatic carbocycles. The van der Waals surface area contributed by atoms with Gasteiger partial charge in [0.25, 0.3) is 8.32 Å². The van der Waals surface area contributed by atoms with Gasteiger partial charge in [-0.3, -0.25) is 0 Å². The summed E-state index contributed by atoms with van der Waals surface area (Å²) < 4.78 is 31.5. The first-order valence-corrected chi connectivity index (χ1v) is 8.79. The Kier molecular flexibility index (Phi) is 4.43. The van der Waals surface area contributed by atoms with Gasteiger partial charge in [0, 0.05) is 0 Å². The average molecular weight is 292 g/mol. The lowest BCUT2D eigenvalue weighted by atomic mass is 9.85. The molecule has 19 heavy (non-hydrogen) atoms. The zero-order chi connectivity index (χ0) is 15.0. The topological polar surface area (TPSA) is 67.5 Å². The maximum atomic E-state index is 12.7. The summed E-state index contributed by atoms with van der Waals surface area (Å²) in [7, 11) is -4.32. The van der Waals surface area contributed by atoms with Crippen LogP contribution in [0.25, 0.3) is 0 Å². The van der Waals surface area contributed by atoms with Crippen LogP contribution in [0.3, 0.4) is 0 Å². The molecule has 0 fully saturated rings. The summed E-state index contributed by atoms with van der Waals surface area (Å²) in [5.41, 5.74) is -0.417. The van der Waals surface area contributed by atoms with Crippen molar-refractivity contribution < 1.29 is 23.3 Å². The molecule has 0 aliphatic rings. The Morgan fingerprint density at radius 2 is 1.89 bits per heavy atom. The maximum Gasteiger partial charge on any atom is 0.511 e. The number of rotatable bonds is 4. The third-order valence-electron chi connectivity index (χ3n) is 3.40. The van der Waals surface area contributed by atoms with Crippen molar-refractivity contribution in [2.24, 2.45) is 0 Å². The Bertz CT molecular complexity index is 446. The third-order valence-corrected chi connectivity index (χ3v) is 7.74. The van der Waals surface area contributed by atoms with Crippen LogP contribution in [-0.4, -0.2) is 35.3 Å². The van der Waals surface area contributed by atoms with Gasteiger partial charge in [-0.2, -0.15) is 13.9 Å². The fourth-order valence-corrected chi connectivity index (χ4v) is 2.28. The molecule has 0 saturated carbocycles. The van der Waals surface area contributed by atoms with Gasteiger partial charge in [0.15, 0.2) is 0 Å². The van der Waals surface area contributed by atoms with E-state index in [1.807, 2.05) is 33.9 Å². The van der Waals surface area contributed by atoms with Crippen LogP contribution in [0.5, 0.6) is 5.75 Å². The van der Waals surface area contributed by atoms with Crippen molar-refractivity contribution in [3.63, 3.8) is 0 Å². The first kappa shape index (κ1) is 16.1. The normalized spacial score (nSPS) is 12.9. The van der Waals surface area contributed by atoms with E-state index in [0.29, 0.717) is 0 Å². The molecule has 0 bridgehead atoms. The molecule has 0 amide bonds. The molecule has 0 aliphatic heterocycles. The summed E-state index contributed by atoms with van der Waals surface area (Å²) in [6, 6.07) is 0. The lowest BCUT2D eigenvalue weighted by Gasteiger charge is -2.36. The molecule has 2 N–H and O–H groups in total. The molecule has 0 aliphatic carbocycles. The summed E-state index contributed by atoms with van der Waals surface area (Å²) in [5, 5.41) is 21.7. The second-order valence-corrected chi connectivity index (χ2v) is 10.6. The Morgan fingerprint density at radius 3 is 2.26 bits per heavy atom. The van der Waals surface area contributed by atoms with Gasteiger partial charge in [0.2, 0.25) is 0 Å². The van der Waals surface area contributed by atoms with Crippen molar-refractivity contribution in [1.82, 2.24) is 9.78 Å². The van der Waals surface area contributed by atoms with Crippen molar-refractivity contribution in [1.29, 1.82) is 0 Å². The number of nitrogens with zero attached hydrogens (tertiary/aromatic N) is 2. The van der Waals surface area contributed by atoms with E-state index in [1.165, 1.54) is 0 Å². The van der Waals surface area contributed by atoms with Gasteiger partial charge in [-0.25, -0.2) is 4.68 Å². The molecular weight excluding hydrogens is 273 g/mol. The van der Waals surface area contributed by atoms with Crippen LogP contribution in [0.4, 0.5) is 8.78 Å². The molecule has 0 spiro atoms. The van der Waals surface area contributed by atoms with E-state index in [4.69, 9.17) is 4.43 Å². The molecule has 1 aromatic rings. The fraction of sp³-hybridized carbons (Fsp3) is 0.700. The molecular formula is C10H19BF2N2O3Si. The van der Waals surface area contributed by atoms with E-state index < -0.39 is 27.6 Å². The molecule has 9 heteroatoms. The minimum atomic E-state index is -2.95. The quantitative estimate of drug-likeness (QED) is 0.822. The van der Waals surface area contributed by atoms with Gasteiger partial charge in [0.1, 0.15) is 11.3 Å². The number of hydrogen-bond donors (Lipinski definition) is 2. The van der Waals surface area contributed by atoms with Crippen LogP contribution >= 0.6 is 0 Å².